The number of nitrogens with one attached hydrogen (secondary N) is 1. The molecule has 1 aromatic rings. The van der Waals surface area contributed by atoms with Crippen molar-refractivity contribution < 1.29 is 23.9 Å². The van der Waals surface area contributed by atoms with Crippen LogP contribution in [-0.2, 0) is 25.7 Å². The molecule has 4 aliphatic carbocycles. The molecule has 3 N–H and O–H groups in total. The average molecular weight is 446 g/mol. The van der Waals surface area contributed by atoms with Crippen LogP contribution in [0.15, 0.2) is 0 Å². The molecule has 4 bridgehead atoms. The number of nitrogens with two attached hydrogens (primary N) is 1. The molecule has 0 atom stereocenters. The molecule has 1 amide bonds. The third-order valence-corrected chi connectivity index (χ3v) is 7.94. The van der Waals surface area contributed by atoms with E-state index in [9.17, 15) is 19.6 Å². The van der Waals surface area contributed by atoms with Crippen molar-refractivity contribution in [3.05, 3.63) is 16.0 Å². The number of thiophene rings is 1. The molecule has 8 nitrogen and oxygen atoms in total. The van der Waals surface area contributed by atoms with E-state index in [0.717, 1.165) is 30.6 Å². The van der Waals surface area contributed by atoms with Crippen molar-refractivity contribution in [2.45, 2.75) is 52.1 Å². The predicted molar refractivity (Wildman–Crippen MR) is 113 cm³/mol. The first-order valence-corrected chi connectivity index (χ1v) is 11.6. The van der Waals surface area contributed by atoms with E-state index >= 15 is 0 Å². The largest absolute Gasteiger partial charge is 0.462 e. The minimum absolute atomic E-state index is 0.0479. The van der Waals surface area contributed by atoms with Crippen LogP contribution in [0.4, 0.5) is 5.00 Å². The highest BCUT2D eigenvalue weighted by molar-refractivity contribution is 7.18. The summed E-state index contributed by atoms with van der Waals surface area (Å²) in [6.45, 7) is 1.33. The highest BCUT2D eigenvalue weighted by Crippen LogP contribution is 2.60. The van der Waals surface area contributed by atoms with E-state index in [1.807, 2.05) is 6.07 Å². The van der Waals surface area contributed by atoms with Gasteiger partial charge in [0.25, 0.3) is 0 Å². The molecule has 0 radical (unpaired) electrons. The van der Waals surface area contributed by atoms with E-state index in [1.54, 1.807) is 6.92 Å². The van der Waals surface area contributed by atoms with E-state index in [0.29, 0.717) is 17.8 Å². The number of hydrogen-bond donors (Lipinski definition) is 2. The van der Waals surface area contributed by atoms with E-state index in [1.165, 1.54) is 19.3 Å². The van der Waals surface area contributed by atoms with Crippen LogP contribution in [0, 0.1) is 34.5 Å². The quantitative estimate of drug-likeness (QED) is 0.617. The van der Waals surface area contributed by atoms with Crippen LogP contribution in [0.5, 0.6) is 0 Å². The molecule has 1 heterocycles. The Kier molecular flexibility index (Phi) is 5.93. The van der Waals surface area contributed by atoms with Crippen molar-refractivity contribution in [2.24, 2.45) is 23.2 Å². The molecule has 166 valence electrons. The van der Waals surface area contributed by atoms with Crippen LogP contribution in [0.25, 0.3) is 0 Å². The summed E-state index contributed by atoms with van der Waals surface area (Å²) < 4.78 is 10.3. The lowest BCUT2D eigenvalue weighted by molar-refractivity contribution is -0.151. The van der Waals surface area contributed by atoms with Gasteiger partial charge in [-0.15, -0.1) is 11.3 Å². The fourth-order valence-corrected chi connectivity index (χ4v) is 6.96. The number of amides is 1. The Morgan fingerprint density at radius 3 is 2.32 bits per heavy atom. The minimum Gasteiger partial charge on any atom is -0.462 e. The fourth-order valence-electron chi connectivity index (χ4n) is 6.04. The smallest absolute Gasteiger partial charge is 0.348 e. The number of esters is 2. The summed E-state index contributed by atoms with van der Waals surface area (Å²) in [5.41, 5.74) is 5.84. The van der Waals surface area contributed by atoms with Crippen molar-refractivity contribution >= 4 is 34.2 Å². The number of nitrogen functional groups attached to an aromatic ring is 1. The number of ether oxygens (including phenoxy) is 2. The van der Waals surface area contributed by atoms with Gasteiger partial charge >= 0.3 is 11.9 Å². The van der Waals surface area contributed by atoms with Gasteiger partial charge in [-0.2, -0.15) is 5.26 Å². The topological polar surface area (TPSA) is 132 Å². The molecule has 4 fully saturated rings. The second kappa shape index (κ2) is 8.50. The molecule has 0 unspecified atom stereocenters. The number of nitriles is 1. The van der Waals surface area contributed by atoms with Gasteiger partial charge in [-0.1, -0.05) is 0 Å². The van der Waals surface area contributed by atoms with Gasteiger partial charge in [0.05, 0.1) is 12.2 Å². The normalized spacial score (nSPS) is 28.1. The molecule has 0 aliphatic heterocycles. The maximum absolute atomic E-state index is 13.0. The van der Waals surface area contributed by atoms with Gasteiger partial charge in [0, 0.05) is 11.0 Å². The van der Waals surface area contributed by atoms with E-state index < -0.39 is 11.9 Å². The Morgan fingerprint density at radius 1 is 1.16 bits per heavy atom. The summed E-state index contributed by atoms with van der Waals surface area (Å²) in [4.78, 5) is 37.5. The molecule has 5 rings (SSSR count). The van der Waals surface area contributed by atoms with Crippen molar-refractivity contribution in [1.82, 2.24) is 5.32 Å². The third-order valence-electron chi connectivity index (χ3n) is 6.90. The molecule has 0 spiro atoms. The fraction of sp³-hybridized carbons (Fsp3) is 0.636. The lowest BCUT2D eigenvalue weighted by atomic mass is 9.49. The van der Waals surface area contributed by atoms with Crippen LogP contribution < -0.4 is 11.1 Å². The van der Waals surface area contributed by atoms with Gasteiger partial charge in [-0.25, -0.2) is 4.79 Å². The van der Waals surface area contributed by atoms with Crippen molar-refractivity contribution in [1.29, 1.82) is 5.26 Å². The van der Waals surface area contributed by atoms with Crippen LogP contribution >= 0.6 is 11.3 Å². The summed E-state index contributed by atoms with van der Waals surface area (Å²) in [6.07, 6.45) is 6.47. The number of carbonyl (C=O) groups excluding carboxylic acids is 3. The zero-order valence-electron chi connectivity index (χ0n) is 17.6. The standard InChI is InChI=1S/C22H27N3O5S/c1-2-29-20(27)18-16(15(9-23)19(24)31-18)11-30-17(26)10-25-21(28)22-6-12-3-13(7-22)5-14(4-12)8-22/h12-14H,2-8,10-11,24H2,1H3,(H,25,28). The number of anilines is 1. The van der Waals surface area contributed by atoms with Crippen LogP contribution in [0.2, 0.25) is 0 Å². The first kappa shape index (κ1) is 21.6. The monoisotopic (exact) mass is 445 g/mol. The Balaban J connectivity index is 1.35. The highest BCUT2D eigenvalue weighted by Gasteiger charge is 2.54. The molecule has 4 saturated carbocycles. The number of nitrogens with zero attached hydrogens (tertiary/aromatic N) is 1. The van der Waals surface area contributed by atoms with Crippen LogP contribution in [0.1, 0.15) is 66.2 Å². The summed E-state index contributed by atoms with van der Waals surface area (Å²) in [7, 11) is 0. The van der Waals surface area contributed by atoms with Gasteiger partial charge in [-0.3, -0.25) is 9.59 Å². The summed E-state index contributed by atoms with van der Waals surface area (Å²) >= 11 is 0.935. The van der Waals surface area contributed by atoms with Crippen molar-refractivity contribution in [3.8, 4) is 6.07 Å². The molecule has 9 heteroatoms. The van der Waals surface area contributed by atoms with Gasteiger partial charge in [-0.05, 0) is 63.2 Å². The minimum atomic E-state index is -0.624. The molecular formula is C22H27N3O5S. The lowest BCUT2D eigenvalue weighted by Crippen LogP contribution is -2.54. The lowest BCUT2D eigenvalue weighted by Gasteiger charge is -2.55. The van der Waals surface area contributed by atoms with Gasteiger partial charge in [0.2, 0.25) is 5.91 Å². The molecule has 0 aromatic carbocycles. The summed E-state index contributed by atoms with van der Waals surface area (Å²) in [6, 6.07) is 1.95. The van der Waals surface area contributed by atoms with E-state index in [2.05, 4.69) is 5.32 Å². The van der Waals surface area contributed by atoms with Crippen LogP contribution in [0.3, 0.4) is 0 Å². The zero-order valence-corrected chi connectivity index (χ0v) is 18.4. The Morgan fingerprint density at radius 2 is 1.77 bits per heavy atom. The SMILES string of the molecule is CCOC(=O)c1sc(N)c(C#N)c1COC(=O)CNC(=O)C12CC3CC(CC(C3)C1)C2. The Bertz CT molecular complexity index is 912. The summed E-state index contributed by atoms with van der Waals surface area (Å²) in [5, 5.41) is 12.3. The third kappa shape index (κ3) is 4.13. The van der Waals surface area contributed by atoms with E-state index in [4.69, 9.17) is 15.2 Å². The first-order chi connectivity index (χ1) is 14.8. The Hall–Kier alpha value is -2.60. The predicted octanol–water partition coefficient (Wildman–Crippen LogP) is 2.75. The maximum atomic E-state index is 13.0. The second-order valence-electron chi connectivity index (χ2n) is 9.02. The van der Waals surface area contributed by atoms with Crippen molar-refractivity contribution in [2.75, 3.05) is 18.9 Å². The molecular weight excluding hydrogens is 418 g/mol. The first-order valence-electron chi connectivity index (χ1n) is 10.8. The second-order valence-corrected chi connectivity index (χ2v) is 10.1. The van der Waals surface area contributed by atoms with Crippen LogP contribution in [-0.4, -0.2) is 31.0 Å². The average Bonchev–Trinajstić information content (AvgIpc) is 3.05. The Labute approximate surface area is 185 Å². The van der Waals surface area contributed by atoms with Gasteiger partial charge in [0.15, 0.2) is 0 Å². The molecule has 1 aromatic heterocycles. The molecule has 4 aliphatic rings. The highest BCUT2D eigenvalue weighted by atomic mass is 32.1. The van der Waals surface area contributed by atoms with Crippen molar-refractivity contribution in [3.63, 3.8) is 0 Å². The van der Waals surface area contributed by atoms with Gasteiger partial charge in [0.1, 0.15) is 29.1 Å². The number of hydrogen-bond acceptors (Lipinski definition) is 8. The maximum Gasteiger partial charge on any atom is 0.348 e. The number of carbonyl (C=O) groups is 3. The molecule has 31 heavy (non-hydrogen) atoms. The number of rotatable bonds is 7. The summed E-state index contributed by atoms with van der Waals surface area (Å²) in [5.74, 6) is 0.632. The zero-order chi connectivity index (χ0) is 22.2. The van der Waals surface area contributed by atoms with Gasteiger partial charge < -0.3 is 20.5 Å². The molecule has 0 saturated heterocycles. The van der Waals surface area contributed by atoms with E-state index in [-0.39, 0.29) is 52.1 Å².